The molecule has 2 rings (SSSR count). The topological polar surface area (TPSA) is 65.2 Å². The third kappa shape index (κ3) is 2.99. The number of esters is 1. The first kappa shape index (κ1) is 16.9. The maximum atomic E-state index is 14.1. The summed E-state index contributed by atoms with van der Waals surface area (Å²) in [5, 5.41) is -0.000959. The van der Waals surface area contributed by atoms with Crippen LogP contribution in [0.5, 0.6) is 0 Å². The van der Waals surface area contributed by atoms with Crippen LogP contribution in [0.2, 0.25) is 10.0 Å². The molecule has 22 heavy (non-hydrogen) atoms. The van der Waals surface area contributed by atoms with Crippen molar-refractivity contribution >= 4 is 46.6 Å². The number of carbonyl (C=O) groups is 1. The SMILES string of the molecule is COC(=O)c1nc(-c2ccc(Cl)c(F)c2SC)cc(N)c1Cl. The van der Waals surface area contributed by atoms with Gasteiger partial charge in [-0.25, -0.2) is 14.2 Å². The van der Waals surface area contributed by atoms with Gasteiger partial charge in [-0.1, -0.05) is 23.2 Å². The number of aromatic nitrogens is 1. The monoisotopic (exact) mass is 360 g/mol. The Hall–Kier alpha value is -1.50. The fourth-order valence-corrected chi connectivity index (χ4v) is 2.92. The van der Waals surface area contributed by atoms with Crippen LogP contribution in [0, 0.1) is 5.82 Å². The van der Waals surface area contributed by atoms with Gasteiger partial charge in [0.25, 0.3) is 0 Å². The number of hydrogen-bond acceptors (Lipinski definition) is 5. The van der Waals surface area contributed by atoms with E-state index in [9.17, 15) is 9.18 Å². The summed E-state index contributed by atoms with van der Waals surface area (Å²) in [7, 11) is 1.21. The zero-order valence-corrected chi connectivity index (χ0v) is 13.9. The largest absolute Gasteiger partial charge is 0.464 e. The molecule has 0 amide bonds. The summed E-state index contributed by atoms with van der Waals surface area (Å²) in [5.41, 5.74) is 6.60. The fraction of sp³-hybridized carbons (Fsp3) is 0.143. The number of pyridine rings is 1. The van der Waals surface area contributed by atoms with Crippen LogP contribution < -0.4 is 5.73 Å². The number of nitrogens with zero attached hydrogens (tertiary/aromatic N) is 1. The fourth-order valence-electron chi connectivity index (χ4n) is 1.85. The quantitative estimate of drug-likeness (QED) is 0.653. The molecule has 0 aliphatic carbocycles. The first-order valence-corrected chi connectivity index (χ1v) is 7.95. The maximum Gasteiger partial charge on any atom is 0.358 e. The van der Waals surface area contributed by atoms with Crippen molar-refractivity contribution in [1.82, 2.24) is 4.98 Å². The number of methoxy groups -OCH3 is 1. The highest BCUT2D eigenvalue weighted by Gasteiger charge is 2.20. The van der Waals surface area contributed by atoms with Crippen LogP contribution in [0.1, 0.15) is 10.5 Å². The number of anilines is 1. The Kier molecular flexibility index (Phi) is 5.16. The molecular weight excluding hydrogens is 350 g/mol. The number of nitrogen functional groups attached to an aromatic ring is 1. The number of halogens is 3. The molecule has 0 radical (unpaired) electrons. The van der Waals surface area contributed by atoms with Gasteiger partial charge < -0.3 is 10.5 Å². The van der Waals surface area contributed by atoms with Crippen molar-refractivity contribution in [2.24, 2.45) is 0 Å². The van der Waals surface area contributed by atoms with E-state index >= 15 is 0 Å². The average Bonchev–Trinajstić information content (AvgIpc) is 2.51. The van der Waals surface area contributed by atoms with Crippen LogP contribution in [-0.2, 0) is 4.74 Å². The van der Waals surface area contributed by atoms with Gasteiger partial charge in [0, 0.05) is 5.56 Å². The summed E-state index contributed by atoms with van der Waals surface area (Å²) in [6, 6.07) is 4.49. The lowest BCUT2D eigenvalue weighted by atomic mass is 10.1. The Labute approximate surface area is 140 Å². The average molecular weight is 361 g/mol. The lowest BCUT2D eigenvalue weighted by molar-refractivity contribution is 0.0594. The molecule has 0 unspecified atom stereocenters. The standard InChI is InChI=1S/C14H11Cl2FN2O2S/c1-21-14(20)12-10(16)8(18)5-9(19-12)6-3-4-7(15)11(17)13(6)22-2/h3-5H,1-2H3,(H2,18,19). The van der Waals surface area contributed by atoms with Crippen molar-refractivity contribution in [2.75, 3.05) is 19.1 Å². The van der Waals surface area contributed by atoms with E-state index < -0.39 is 11.8 Å². The van der Waals surface area contributed by atoms with Gasteiger partial charge in [-0.05, 0) is 24.5 Å². The van der Waals surface area contributed by atoms with Gasteiger partial charge in [0.2, 0.25) is 0 Å². The molecule has 0 aliphatic heterocycles. The first-order chi connectivity index (χ1) is 10.4. The molecule has 0 bridgehead atoms. The minimum absolute atomic E-state index is 0.00299. The summed E-state index contributed by atoms with van der Waals surface area (Å²) in [5.74, 6) is -1.28. The third-order valence-corrected chi connectivity index (χ3v) is 4.39. The second-order valence-corrected chi connectivity index (χ2v) is 5.79. The summed E-state index contributed by atoms with van der Waals surface area (Å²) in [4.78, 5) is 16.2. The minimum Gasteiger partial charge on any atom is -0.464 e. The van der Waals surface area contributed by atoms with Crippen molar-refractivity contribution in [3.05, 3.63) is 39.8 Å². The van der Waals surface area contributed by atoms with Crippen molar-refractivity contribution in [1.29, 1.82) is 0 Å². The summed E-state index contributed by atoms with van der Waals surface area (Å²) < 4.78 is 18.7. The van der Waals surface area contributed by atoms with Gasteiger partial charge in [-0.3, -0.25) is 0 Å². The second-order valence-electron chi connectivity index (χ2n) is 4.19. The predicted octanol–water partition coefficient (Wildman–Crippen LogP) is 4.29. The molecule has 0 atom stereocenters. The van der Waals surface area contributed by atoms with Crippen molar-refractivity contribution in [3.8, 4) is 11.3 Å². The van der Waals surface area contributed by atoms with Crippen LogP contribution in [0.3, 0.4) is 0 Å². The highest BCUT2D eigenvalue weighted by Crippen LogP contribution is 2.37. The number of benzene rings is 1. The van der Waals surface area contributed by atoms with Crippen molar-refractivity contribution in [3.63, 3.8) is 0 Å². The van der Waals surface area contributed by atoms with E-state index in [1.54, 1.807) is 12.3 Å². The number of thioether (sulfide) groups is 1. The van der Waals surface area contributed by atoms with Gasteiger partial charge >= 0.3 is 5.97 Å². The molecule has 1 aromatic carbocycles. The lowest BCUT2D eigenvalue weighted by Crippen LogP contribution is -2.08. The molecule has 0 saturated heterocycles. The Morgan fingerprint density at radius 2 is 2.09 bits per heavy atom. The third-order valence-electron chi connectivity index (χ3n) is 2.89. The molecule has 116 valence electrons. The molecule has 0 fully saturated rings. The van der Waals surface area contributed by atoms with E-state index in [4.69, 9.17) is 28.9 Å². The van der Waals surface area contributed by atoms with Crippen molar-refractivity contribution < 1.29 is 13.9 Å². The van der Waals surface area contributed by atoms with E-state index in [1.165, 1.54) is 31.0 Å². The predicted molar refractivity (Wildman–Crippen MR) is 87.2 cm³/mol. The molecule has 4 nitrogen and oxygen atoms in total. The highest BCUT2D eigenvalue weighted by atomic mass is 35.5. The summed E-state index contributed by atoms with van der Waals surface area (Å²) in [6.07, 6.45) is 1.71. The van der Waals surface area contributed by atoms with Crippen LogP contribution in [0.25, 0.3) is 11.3 Å². The normalized spacial score (nSPS) is 10.6. The van der Waals surface area contributed by atoms with Crippen LogP contribution >= 0.6 is 35.0 Å². The number of ether oxygens (including phenoxy) is 1. The van der Waals surface area contributed by atoms with Gasteiger partial charge in [-0.2, -0.15) is 0 Å². The molecule has 1 heterocycles. The molecule has 0 spiro atoms. The zero-order chi connectivity index (χ0) is 16.4. The van der Waals surface area contributed by atoms with E-state index in [-0.39, 0.29) is 21.4 Å². The van der Waals surface area contributed by atoms with E-state index in [1.807, 2.05) is 0 Å². The zero-order valence-electron chi connectivity index (χ0n) is 11.6. The molecular formula is C14H11Cl2FN2O2S. The lowest BCUT2D eigenvalue weighted by Gasteiger charge is -2.12. The van der Waals surface area contributed by atoms with Crippen LogP contribution in [0.15, 0.2) is 23.1 Å². The second kappa shape index (κ2) is 6.73. The minimum atomic E-state index is -0.723. The van der Waals surface area contributed by atoms with Gasteiger partial charge in [-0.15, -0.1) is 11.8 Å². The first-order valence-electron chi connectivity index (χ1n) is 5.97. The Bertz CT molecular complexity index is 756. The Morgan fingerprint density at radius 1 is 1.41 bits per heavy atom. The molecule has 0 aliphatic rings. The number of hydrogen-bond donors (Lipinski definition) is 1. The van der Waals surface area contributed by atoms with Crippen LogP contribution in [-0.4, -0.2) is 24.3 Å². The molecule has 0 saturated carbocycles. The molecule has 2 aromatic rings. The van der Waals surface area contributed by atoms with E-state index in [2.05, 4.69) is 9.72 Å². The van der Waals surface area contributed by atoms with Crippen LogP contribution in [0.4, 0.5) is 10.1 Å². The smallest absolute Gasteiger partial charge is 0.358 e. The highest BCUT2D eigenvalue weighted by molar-refractivity contribution is 7.98. The molecule has 1 aromatic heterocycles. The van der Waals surface area contributed by atoms with Crippen molar-refractivity contribution in [2.45, 2.75) is 4.90 Å². The van der Waals surface area contributed by atoms with Gasteiger partial charge in [0.05, 0.1) is 33.4 Å². The number of nitrogens with two attached hydrogens (primary N) is 1. The molecule has 2 N–H and O–H groups in total. The van der Waals surface area contributed by atoms with Gasteiger partial charge in [0.15, 0.2) is 11.5 Å². The molecule has 8 heteroatoms. The number of carbonyl (C=O) groups excluding carboxylic acids is 1. The summed E-state index contributed by atoms with van der Waals surface area (Å²) >= 11 is 12.9. The van der Waals surface area contributed by atoms with E-state index in [0.29, 0.717) is 16.2 Å². The Balaban J connectivity index is 2.71. The number of rotatable bonds is 3. The Morgan fingerprint density at radius 3 is 2.68 bits per heavy atom. The van der Waals surface area contributed by atoms with Gasteiger partial charge in [0.1, 0.15) is 0 Å². The van der Waals surface area contributed by atoms with E-state index in [0.717, 1.165) is 0 Å². The maximum absolute atomic E-state index is 14.1. The summed E-state index contributed by atoms with van der Waals surface area (Å²) in [6.45, 7) is 0.